The fraction of sp³-hybridized carbons (Fsp3) is 0.105. The number of carbonyl (C=O) groups excluding carboxylic acids is 2. The molecule has 132 valence electrons. The highest BCUT2D eigenvalue weighted by molar-refractivity contribution is 6.30. The molecule has 1 heterocycles. The van der Waals surface area contributed by atoms with Crippen molar-refractivity contribution in [3.8, 4) is 11.4 Å². The topological polar surface area (TPSA) is 85.2 Å². The first kappa shape index (κ1) is 17.2. The molecular weight excluding hydrogens is 332 g/mol. The van der Waals surface area contributed by atoms with Gasteiger partial charge in [0.2, 0.25) is 6.29 Å². The van der Waals surface area contributed by atoms with Crippen molar-refractivity contribution in [1.29, 1.82) is 0 Å². The van der Waals surface area contributed by atoms with E-state index in [2.05, 4.69) is 15.6 Å². The van der Waals surface area contributed by atoms with Gasteiger partial charge in [0.1, 0.15) is 12.4 Å². The van der Waals surface area contributed by atoms with Gasteiger partial charge in [-0.2, -0.15) is 0 Å². The fourth-order valence-corrected chi connectivity index (χ4v) is 2.50. The van der Waals surface area contributed by atoms with E-state index in [0.717, 1.165) is 11.3 Å². The van der Waals surface area contributed by atoms with E-state index in [1.807, 2.05) is 41.0 Å². The Morgan fingerprint density at radius 2 is 2.04 bits per heavy atom. The number of imidazole rings is 1. The average molecular weight is 350 g/mol. The summed E-state index contributed by atoms with van der Waals surface area (Å²) in [4.78, 5) is 26.2. The Labute approximate surface area is 150 Å². The Morgan fingerprint density at radius 3 is 2.69 bits per heavy atom. The van der Waals surface area contributed by atoms with Crippen LogP contribution in [-0.4, -0.2) is 28.8 Å². The summed E-state index contributed by atoms with van der Waals surface area (Å²) in [5.41, 5.74) is 2.87. The highest BCUT2D eigenvalue weighted by Crippen LogP contribution is 2.34. The molecule has 0 aliphatic rings. The van der Waals surface area contributed by atoms with Gasteiger partial charge in [-0.3, -0.25) is 9.59 Å². The lowest BCUT2D eigenvalue weighted by Crippen LogP contribution is -2.14. The Balaban J connectivity index is 1.98. The molecule has 0 aliphatic heterocycles. The number of nitrogens with one attached hydrogen (secondary N) is 2. The summed E-state index contributed by atoms with van der Waals surface area (Å²) in [6.45, 7) is 0.364. The second-order valence-corrected chi connectivity index (χ2v) is 5.47. The van der Waals surface area contributed by atoms with Crippen LogP contribution in [0, 0.1) is 0 Å². The number of hydrogen-bond acceptors (Lipinski definition) is 5. The van der Waals surface area contributed by atoms with Crippen molar-refractivity contribution in [1.82, 2.24) is 9.55 Å². The number of aromatic nitrogens is 2. The number of rotatable bonds is 7. The molecule has 3 rings (SSSR count). The van der Waals surface area contributed by atoms with Crippen molar-refractivity contribution in [2.75, 3.05) is 17.7 Å². The first-order valence-corrected chi connectivity index (χ1v) is 7.98. The van der Waals surface area contributed by atoms with Crippen LogP contribution < -0.4 is 15.4 Å². The zero-order valence-electron chi connectivity index (χ0n) is 14.2. The monoisotopic (exact) mass is 350 g/mol. The van der Waals surface area contributed by atoms with Crippen LogP contribution in [0.25, 0.3) is 5.69 Å². The number of amides is 1. The molecule has 0 atom stereocenters. The summed E-state index contributed by atoms with van der Waals surface area (Å²) in [5, 5.41) is 5.56. The minimum absolute atomic E-state index is 0.230. The number of ether oxygens (including phenoxy) is 1. The Hall–Kier alpha value is -3.61. The van der Waals surface area contributed by atoms with E-state index >= 15 is 0 Å². The fourth-order valence-electron chi connectivity index (χ4n) is 2.50. The molecular formula is C19H18N4O3. The SMILES string of the molecule is CNc1cc(-n2ccnc2)c(OCc2ccccc2)cc1NC(=O)C=O. The van der Waals surface area contributed by atoms with Gasteiger partial charge < -0.3 is 19.9 Å². The number of hydrogen-bond donors (Lipinski definition) is 2. The van der Waals surface area contributed by atoms with E-state index in [-0.39, 0.29) is 6.29 Å². The van der Waals surface area contributed by atoms with Gasteiger partial charge in [0.05, 0.1) is 23.4 Å². The molecule has 7 heteroatoms. The molecule has 2 aromatic carbocycles. The summed E-state index contributed by atoms with van der Waals surface area (Å²) >= 11 is 0. The molecule has 0 saturated carbocycles. The van der Waals surface area contributed by atoms with Gasteiger partial charge in [-0.15, -0.1) is 0 Å². The maximum atomic E-state index is 11.5. The summed E-state index contributed by atoms with van der Waals surface area (Å²) < 4.78 is 7.80. The predicted octanol–water partition coefficient (Wildman–Crippen LogP) is 2.63. The number of nitrogens with zero attached hydrogens (tertiary/aromatic N) is 2. The maximum absolute atomic E-state index is 11.5. The van der Waals surface area contributed by atoms with Gasteiger partial charge in [0.25, 0.3) is 5.91 Å². The zero-order valence-corrected chi connectivity index (χ0v) is 14.2. The maximum Gasteiger partial charge on any atom is 0.288 e. The molecule has 0 aliphatic carbocycles. The molecule has 0 bridgehead atoms. The Kier molecular flexibility index (Phi) is 5.28. The first-order valence-electron chi connectivity index (χ1n) is 7.98. The van der Waals surface area contributed by atoms with Gasteiger partial charge in [-0.25, -0.2) is 4.98 Å². The normalized spacial score (nSPS) is 10.2. The van der Waals surface area contributed by atoms with Crippen molar-refractivity contribution in [3.63, 3.8) is 0 Å². The van der Waals surface area contributed by atoms with E-state index in [0.29, 0.717) is 23.7 Å². The van der Waals surface area contributed by atoms with Crippen LogP contribution in [0.5, 0.6) is 5.75 Å². The van der Waals surface area contributed by atoms with E-state index in [9.17, 15) is 9.59 Å². The van der Waals surface area contributed by atoms with Crippen LogP contribution >= 0.6 is 0 Å². The smallest absolute Gasteiger partial charge is 0.288 e. The number of benzene rings is 2. The molecule has 0 unspecified atom stereocenters. The molecule has 0 radical (unpaired) electrons. The molecule has 0 spiro atoms. The van der Waals surface area contributed by atoms with Crippen LogP contribution in [0.3, 0.4) is 0 Å². The number of anilines is 2. The van der Waals surface area contributed by atoms with Gasteiger partial charge in [0.15, 0.2) is 0 Å². The van der Waals surface area contributed by atoms with Crippen LogP contribution in [0.15, 0.2) is 61.2 Å². The van der Waals surface area contributed by atoms with E-state index in [1.54, 1.807) is 31.8 Å². The molecule has 1 aromatic heterocycles. The first-order chi connectivity index (χ1) is 12.7. The molecule has 3 aromatic rings. The minimum Gasteiger partial charge on any atom is -0.487 e. The van der Waals surface area contributed by atoms with Crippen LogP contribution in [-0.2, 0) is 16.2 Å². The standard InChI is InChI=1S/C19H18N4O3/c1-20-15-9-17(23-8-7-21-13-23)18(10-16(15)22-19(25)11-24)26-12-14-5-3-2-4-6-14/h2-11,13,20H,12H2,1H3,(H,22,25). The van der Waals surface area contributed by atoms with E-state index in [4.69, 9.17) is 4.74 Å². The highest BCUT2D eigenvalue weighted by atomic mass is 16.5. The van der Waals surface area contributed by atoms with Crippen molar-refractivity contribution < 1.29 is 14.3 Å². The third kappa shape index (κ3) is 3.89. The average Bonchev–Trinajstić information content (AvgIpc) is 3.21. The number of carbonyl (C=O) groups is 2. The van der Waals surface area contributed by atoms with E-state index < -0.39 is 5.91 Å². The lowest BCUT2D eigenvalue weighted by atomic mass is 10.2. The van der Waals surface area contributed by atoms with Crippen molar-refractivity contribution in [2.24, 2.45) is 0 Å². The summed E-state index contributed by atoms with van der Waals surface area (Å²) in [7, 11) is 1.73. The van der Waals surface area contributed by atoms with Gasteiger partial charge in [-0.05, 0) is 11.6 Å². The summed E-state index contributed by atoms with van der Waals surface area (Å²) in [5.74, 6) is -0.182. The number of aldehydes is 1. The molecule has 0 saturated heterocycles. The van der Waals surface area contributed by atoms with Crippen LogP contribution in [0.2, 0.25) is 0 Å². The molecule has 0 fully saturated rings. The highest BCUT2D eigenvalue weighted by Gasteiger charge is 2.14. The Morgan fingerprint density at radius 1 is 1.23 bits per heavy atom. The summed E-state index contributed by atoms with van der Waals surface area (Å²) in [6.07, 6.45) is 5.36. The second-order valence-electron chi connectivity index (χ2n) is 5.47. The minimum atomic E-state index is -0.731. The Bertz CT molecular complexity index is 893. The van der Waals surface area contributed by atoms with Crippen LogP contribution in [0.4, 0.5) is 11.4 Å². The lowest BCUT2D eigenvalue weighted by molar-refractivity contribution is -0.127. The molecule has 1 amide bonds. The second kappa shape index (κ2) is 7.98. The van der Waals surface area contributed by atoms with Gasteiger partial charge in [0, 0.05) is 25.5 Å². The van der Waals surface area contributed by atoms with Crippen molar-refractivity contribution in [3.05, 3.63) is 66.7 Å². The lowest BCUT2D eigenvalue weighted by Gasteiger charge is -2.17. The zero-order chi connectivity index (χ0) is 18.4. The summed E-state index contributed by atoms with van der Waals surface area (Å²) in [6, 6.07) is 13.3. The van der Waals surface area contributed by atoms with Crippen LogP contribution in [0.1, 0.15) is 5.56 Å². The third-order valence-electron chi connectivity index (χ3n) is 3.75. The van der Waals surface area contributed by atoms with Gasteiger partial charge in [-0.1, -0.05) is 30.3 Å². The van der Waals surface area contributed by atoms with Crippen molar-refractivity contribution >= 4 is 23.6 Å². The predicted molar refractivity (Wildman–Crippen MR) is 98.6 cm³/mol. The van der Waals surface area contributed by atoms with E-state index in [1.165, 1.54) is 0 Å². The van der Waals surface area contributed by atoms with Gasteiger partial charge >= 0.3 is 0 Å². The molecule has 7 nitrogen and oxygen atoms in total. The molecule has 2 N–H and O–H groups in total. The third-order valence-corrected chi connectivity index (χ3v) is 3.75. The largest absolute Gasteiger partial charge is 0.487 e. The van der Waals surface area contributed by atoms with Crippen molar-refractivity contribution in [2.45, 2.75) is 6.61 Å². The molecule has 26 heavy (non-hydrogen) atoms. The quantitative estimate of drug-likeness (QED) is 0.505.